The first kappa shape index (κ1) is 18.7. The fraction of sp³-hybridized carbons (Fsp3) is 0.167. The first-order chi connectivity index (χ1) is 14.1. The zero-order valence-electron chi connectivity index (χ0n) is 16.2. The lowest BCUT2D eigenvalue weighted by Gasteiger charge is -2.32. The van der Waals surface area contributed by atoms with Gasteiger partial charge in [0, 0.05) is 18.7 Å². The van der Waals surface area contributed by atoms with E-state index in [9.17, 15) is 9.59 Å². The molecule has 3 aromatic rings. The van der Waals surface area contributed by atoms with E-state index in [1.165, 1.54) is 0 Å². The van der Waals surface area contributed by atoms with Crippen molar-refractivity contribution < 1.29 is 14.3 Å². The van der Waals surface area contributed by atoms with E-state index >= 15 is 0 Å². The van der Waals surface area contributed by atoms with Crippen LogP contribution in [0.5, 0.6) is 5.75 Å². The molecule has 1 unspecified atom stereocenters. The van der Waals surface area contributed by atoms with E-state index in [-0.39, 0.29) is 18.2 Å². The summed E-state index contributed by atoms with van der Waals surface area (Å²) in [5.41, 5.74) is 3.66. The van der Waals surface area contributed by atoms with Crippen LogP contribution in [0.1, 0.15) is 13.3 Å². The summed E-state index contributed by atoms with van der Waals surface area (Å²) in [6.45, 7) is 2.02. The number of benzene rings is 3. The summed E-state index contributed by atoms with van der Waals surface area (Å²) in [5.74, 6) is 0.391. The minimum Gasteiger partial charge on any atom is -0.479 e. The van der Waals surface area contributed by atoms with Crippen LogP contribution in [0.25, 0.3) is 11.1 Å². The monoisotopic (exact) mass is 386 g/mol. The molecule has 3 aromatic carbocycles. The summed E-state index contributed by atoms with van der Waals surface area (Å²) in [4.78, 5) is 26.6. The molecule has 5 nitrogen and oxygen atoms in total. The summed E-state index contributed by atoms with van der Waals surface area (Å²) in [6, 6.07) is 25.2. The fourth-order valence-electron chi connectivity index (χ4n) is 3.40. The Morgan fingerprint density at radius 2 is 1.59 bits per heavy atom. The number of amides is 2. The summed E-state index contributed by atoms with van der Waals surface area (Å²) in [6.07, 6.45) is -0.355. The summed E-state index contributed by atoms with van der Waals surface area (Å²) >= 11 is 0. The molecule has 1 N–H and O–H groups in total. The third-order valence-electron chi connectivity index (χ3n) is 4.91. The third-order valence-corrected chi connectivity index (χ3v) is 4.91. The summed E-state index contributed by atoms with van der Waals surface area (Å²) in [7, 11) is 0. The van der Waals surface area contributed by atoms with E-state index in [1.54, 1.807) is 11.8 Å². The van der Waals surface area contributed by atoms with Crippen molar-refractivity contribution in [1.82, 2.24) is 0 Å². The number of hydrogen-bond donors (Lipinski definition) is 1. The number of anilines is 2. The summed E-state index contributed by atoms with van der Waals surface area (Å²) < 4.78 is 5.63. The van der Waals surface area contributed by atoms with E-state index in [4.69, 9.17) is 4.74 Å². The van der Waals surface area contributed by atoms with E-state index in [0.29, 0.717) is 18.0 Å². The van der Waals surface area contributed by atoms with Gasteiger partial charge in [-0.2, -0.15) is 0 Å². The van der Waals surface area contributed by atoms with Gasteiger partial charge in [0.25, 0.3) is 5.91 Å². The Morgan fingerprint density at radius 3 is 2.34 bits per heavy atom. The number of nitrogens with zero attached hydrogens (tertiary/aromatic N) is 1. The number of fused-ring (bicyclic) bond motifs is 1. The molecular weight excluding hydrogens is 364 g/mol. The van der Waals surface area contributed by atoms with Crippen molar-refractivity contribution in [2.45, 2.75) is 19.4 Å². The van der Waals surface area contributed by atoms with Gasteiger partial charge in [0.15, 0.2) is 6.10 Å². The molecule has 0 aliphatic carbocycles. The van der Waals surface area contributed by atoms with Crippen LogP contribution < -0.4 is 15.0 Å². The number of carbonyl (C=O) groups excluding carboxylic acids is 2. The van der Waals surface area contributed by atoms with Crippen LogP contribution in [0.3, 0.4) is 0 Å². The molecule has 29 heavy (non-hydrogen) atoms. The average molecular weight is 386 g/mol. The Balaban J connectivity index is 1.39. The number of rotatable bonds is 5. The van der Waals surface area contributed by atoms with Gasteiger partial charge >= 0.3 is 0 Å². The highest BCUT2D eigenvalue weighted by molar-refractivity contribution is 6.00. The van der Waals surface area contributed by atoms with Crippen LogP contribution in [0.2, 0.25) is 0 Å². The molecule has 0 bridgehead atoms. The SMILES string of the molecule is CC1Oc2ccccc2N(CCC(=O)Nc2ccc(-c3ccccc3)cc2)C1=O. The van der Waals surface area contributed by atoms with Gasteiger partial charge in [0.05, 0.1) is 5.69 Å². The van der Waals surface area contributed by atoms with Crippen LogP contribution in [-0.2, 0) is 9.59 Å². The van der Waals surface area contributed by atoms with Crippen molar-refractivity contribution in [3.63, 3.8) is 0 Å². The van der Waals surface area contributed by atoms with Crippen LogP contribution >= 0.6 is 0 Å². The number of carbonyl (C=O) groups is 2. The molecular formula is C24H22N2O3. The van der Waals surface area contributed by atoms with Crippen molar-refractivity contribution >= 4 is 23.2 Å². The van der Waals surface area contributed by atoms with Crippen LogP contribution in [0.15, 0.2) is 78.9 Å². The Kier molecular flexibility index (Phi) is 5.29. The lowest BCUT2D eigenvalue weighted by molar-refractivity contribution is -0.125. The molecule has 146 valence electrons. The number of para-hydroxylation sites is 2. The molecule has 2 amide bonds. The minimum atomic E-state index is -0.557. The highest BCUT2D eigenvalue weighted by Gasteiger charge is 2.31. The maximum Gasteiger partial charge on any atom is 0.267 e. The van der Waals surface area contributed by atoms with Gasteiger partial charge in [0.1, 0.15) is 5.75 Å². The van der Waals surface area contributed by atoms with Gasteiger partial charge in [-0.25, -0.2) is 0 Å². The maximum absolute atomic E-state index is 12.5. The molecule has 0 fully saturated rings. The van der Waals surface area contributed by atoms with Crippen molar-refractivity contribution in [2.75, 3.05) is 16.8 Å². The lowest BCUT2D eigenvalue weighted by Crippen LogP contribution is -2.45. The highest BCUT2D eigenvalue weighted by atomic mass is 16.5. The van der Waals surface area contributed by atoms with E-state index in [0.717, 1.165) is 16.8 Å². The first-order valence-electron chi connectivity index (χ1n) is 9.64. The number of hydrogen-bond acceptors (Lipinski definition) is 3. The van der Waals surface area contributed by atoms with Crippen LogP contribution in [0.4, 0.5) is 11.4 Å². The zero-order valence-corrected chi connectivity index (χ0v) is 16.2. The molecule has 4 rings (SSSR count). The zero-order chi connectivity index (χ0) is 20.2. The van der Waals surface area contributed by atoms with Gasteiger partial charge in [-0.05, 0) is 42.3 Å². The number of ether oxygens (including phenoxy) is 1. The van der Waals surface area contributed by atoms with Crippen molar-refractivity contribution in [3.8, 4) is 16.9 Å². The average Bonchev–Trinajstić information content (AvgIpc) is 2.75. The molecule has 1 atom stereocenters. The van der Waals surface area contributed by atoms with E-state index in [1.807, 2.05) is 78.9 Å². The van der Waals surface area contributed by atoms with E-state index in [2.05, 4.69) is 5.32 Å². The van der Waals surface area contributed by atoms with Crippen LogP contribution in [-0.4, -0.2) is 24.5 Å². The Labute approximate surface area is 169 Å². The molecule has 1 aliphatic rings. The van der Waals surface area contributed by atoms with Crippen molar-refractivity contribution in [2.24, 2.45) is 0 Å². The van der Waals surface area contributed by atoms with Gasteiger partial charge < -0.3 is 15.0 Å². The second-order valence-electron chi connectivity index (χ2n) is 6.96. The van der Waals surface area contributed by atoms with Crippen LogP contribution in [0, 0.1) is 0 Å². The molecule has 0 saturated heterocycles. The van der Waals surface area contributed by atoms with Gasteiger partial charge in [-0.3, -0.25) is 9.59 Å². The number of nitrogens with one attached hydrogen (secondary N) is 1. The molecule has 1 aliphatic heterocycles. The third kappa shape index (κ3) is 4.14. The highest BCUT2D eigenvalue weighted by Crippen LogP contribution is 2.33. The molecule has 0 aromatic heterocycles. The second kappa shape index (κ2) is 8.19. The largest absolute Gasteiger partial charge is 0.479 e. The predicted molar refractivity (Wildman–Crippen MR) is 114 cm³/mol. The molecule has 0 spiro atoms. The van der Waals surface area contributed by atoms with E-state index < -0.39 is 6.10 Å². The Hall–Kier alpha value is -3.60. The molecule has 5 heteroatoms. The fourth-order valence-corrected chi connectivity index (χ4v) is 3.40. The van der Waals surface area contributed by atoms with Crippen molar-refractivity contribution in [1.29, 1.82) is 0 Å². The van der Waals surface area contributed by atoms with Crippen molar-refractivity contribution in [3.05, 3.63) is 78.9 Å². The second-order valence-corrected chi connectivity index (χ2v) is 6.96. The topological polar surface area (TPSA) is 58.6 Å². The minimum absolute atomic E-state index is 0.135. The molecule has 0 radical (unpaired) electrons. The normalized spacial score (nSPS) is 15.4. The maximum atomic E-state index is 12.5. The first-order valence-corrected chi connectivity index (χ1v) is 9.64. The van der Waals surface area contributed by atoms with Gasteiger partial charge in [0.2, 0.25) is 5.91 Å². The Bertz CT molecular complexity index is 1020. The summed E-state index contributed by atoms with van der Waals surface area (Å²) in [5, 5.41) is 2.90. The Morgan fingerprint density at radius 1 is 0.931 bits per heavy atom. The standard InChI is InChI=1S/C24H22N2O3/c1-17-24(28)26(21-9-5-6-10-22(21)29-17)16-15-23(27)25-20-13-11-19(12-14-20)18-7-3-2-4-8-18/h2-14,17H,15-16H2,1H3,(H,25,27). The molecule has 1 heterocycles. The predicted octanol–water partition coefficient (Wildman–Crippen LogP) is 4.50. The smallest absolute Gasteiger partial charge is 0.267 e. The quantitative estimate of drug-likeness (QED) is 0.703. The lowest BCUT2D eigenvalue weighted by atomic mass is 10.1. The molecule has 0 saturated carbocycles. The van der Waals surface area contributed by atoms with Gasteiger partial charge in [-0.1, -0.05) is 54.6 Å². The van der Waals surface area contributed by atoms with Gasteiger partial charge in [-0.15, -0.1) is 0 Å².